The number of fused-ring (bicyclic) bond motifs is 5. The van der Waals surface area contributed by atoms with Crippen LogP contribution in [0.4, 0.5) is 0 Å². The van der Waals surface area contributed by atoms with Gasteiger partial charge in [-0.2, -0.15) is 0 Å². The fraction of sp³-hybridized carbons (Fsp3) is 0.931. The Morgan fingerprint density at radius 3 is 2.59 bits per heavy atom. The Bertz CT molecular complexity index is 660. The summed E-state index contributed by atoms with van der Waals surface area (Å²) in [5.74, 6) is 6.76. The minimum Gasteiger partial charge on any atom is -0.330 e. The first-order valence-corrected chi connectivity index (χ1v) is 16.4. The summed E-state index contributed by atoms with van der Waals surface area (Å²) in [6.45, 7) is 13.6. The normalized spacial score (nSPS) is 42.2. The van der Waals surface area contributed by atoms with E-state index in [2.05, 4.69) is 51.5 Å². The average molecular weight is 478 g/mol. The van der Waals surface area contributed by atoms with E-state index in [1.54, 1.807) is 0 Å². The highest BCUT2D eigenvalue weighted by atomic mass is 33.1. The lowest BCUT2D eigenvalue weighted by atomic mass is 9.47. The van der Waals surface area contributed by atoms with E-state index < -0.39 is 0 Å². The minimum atomic E-state index is 0.501. The molecule has 0 bridgehead atoms. The molecule has 32 heavy (non-hydrogen) atoms. The molecule has 4 rings (SSSR count). The van der Waals surface area contributed by atoms with Crippen LogP contribution in [0.1, 0.15) is 105 Å². The molecule has 8 atom stereocenters. The topological polar surface area (TPSA) is 26.0 Å². The fourth-order valence-electron chi connectivity index (χ4n) is 8.93. The number of hydrogen-bond donors (Lipinski definition) is 1. The van der Waals surface area contributed by atoms with E-state index in [9.17, 15) is 0 Å². The molecule has 184 valence electrons. The fourth-order valence-corrected chi connectivity index (χ4v) is 11.4. The second-order valence-electron chi connectivity index (χ2n) is 12.9. The van der Waals surface area contributed by atoms with Crippen molar-refractivity contribution in [3.05, 3.63) is 11.6 Å². The van der Waals surface area contributed by atoms with Crippen molar-refractivity contribution >= 4 is 21.6 Å². The van der Waals surface area contributed by atoms with Gasteiger partial charge in [-0.1, -0.05) is 87.1 Å². The van der Waals surface area contributed by atoms with Crippen LogP contribution in [0.15, 0.2) is 11.6 Å². The van der Waals surface area contributed by atoms with Gasteiger partial charge >= 0.3 is 0 Å². The zero-order chi connectivity index (χ0) is 22.9. The number of hydrogen-bond acceptors (Lipinski definition) is 3. The first-order valence-electron chi connectivity index (χ1n) is 14.0. The Balaban J connectivity index is 1.42. The van der Waals surface area contributed by atoms with Crippen LogP contribution in [0.3, 0.4) is 0 Å². The van der Waals surface area contributed by atoms with Crippen LogP contribution in [0.5, 0.6) is 0 Å². The Morgan fingerprint density at radius 2 is 1.84 bits per heavy atom. The standard InChI is InChI=1S/C29H51NS2/c1-20(2)7-6-8-21(3)25-11-12-26-24-10-9-22-19-23(32-31-18-17-30)13-15-28(22,4)27(24)14-16-29(25,26)5/h9,20-21,23-27H,6-8,10-19,30H2,1-5H3/t21-,23?,24+,25-,26+,27+,28+,29-/m1/s1. The molecule has 0 saturated heterocycles. The van der Waals surface area contributed by atoms with Gasteiger partial charge in [-0.25, -0.2) is 0 Å². The first kappa shape index (κ1) is 25.5. The van der Waals surface area contributed by atoms with Crippen LogP contribution in [0.2, 0.25) is 0 Å². The van der Waals surface area contributed by atoms with E-state index in [1.165, 1.54) is 70.6 Å². The Kier molecular flexibility index (Phi) is 8.42. The zero-order valence-electron chi connectivity index (χ0n) is 21.7. The second kappa shape index (κ2) is 10.6. The van der Waals surface area contributed by atoms with Gasteiger partial charge in [0.1, 0.15) is 0 Å². The summed E-state index contributed by atoms with van der Waals surface area (Å²) in [6.07, 6.45) is 18.7. The summed E-state index contributed by atoms with van der Waals surface area (Å²) in [7, 11) is 4.14. The highest BCUT2D eigenvalue weighted by Gasteiger charge is 2.59. The molecule has 0 aromatic rings. The maximum atomic E-state index is 5.72. The molecule has 1 unspecified atom stereocenters. The molecule has 0 amide bonds. The first-order chi connectivity index (χ1) is 15.3. The summed E-state index contributed by atoms with van der Waals surface area (Å²) >= 11 is 0. The van der Waals surface area contributed by atoms with E-state index in [-0.39, 0.29) is 0 Å². The quantitative estimate of drug-likeness (QED) is 0.204. The van der Waals surface area contributed by atoms with Crippen LogP contribution in [0.25, 0.3) is 0 Å². The maximum absolute atomic E-state index is 5.72. The van der Waals surface area contributed by atoms with Gasteiger partial charge in [0, 0.05) is 17.5 Å². The molecule has 3 fully saturated rings. The van der Waals surface area contributed by atoms with Gasteiger partial charge in [0.2, 0.25) is 0 Å². The van der Waals surface area contributed by atoms with Crippen LogP contribution in [0, 0.1) is 46.3 Å². The largest absolute Gasteiger partial charge is 0.330 e. The molecular weight excluding hydrogens is 426 g/mol. The molecule has 0 radical (unpaired) electrons. The van der Waals surface area contributed by atoms with Gasteiger partial charge in [-0.05, 0) is 97.7 Å². The highest BCUT2D eigenvalue weighted by molar-refractivity contribution is 8.76. The Hall–Kier alpha value is 0.400. The van der Waals surface area contributed by atoms with Crippen molar-refractivity contribution in [3.8, 4) is 0 Å². The lowest BCUT2D eigenvalue weighted by molar-refractivity contribution is -0.0497. The summed E-state index contributed by atoms with van der Waals surface area (Å²) in [5, 5.41) is 0.818. The highest BCUT2D eigenvalue weighted by Crippen LogP contribution is 2.67. The smallest absolute Gasteiger partial charge is 0.0189 e. The van der Waals surface area contributed by atoms with Gasteiger partial charge in [0.05, 0.1) is 0 Å². The van der Waals surface area contributed by atoms with Gasteiger partial charge < -0.3 is 5.73 Å². The number of rotatable bonds is 9. The third-order valence-electron chi connectivity index (χ3n) is 10.7. The molecular formula is C29H51NS2. The predicted molar refractivity (Wildman–Crippen MR) is 146 cm³/mol. The van der Waals surface area contributed by atoms with Crippen molar-refractivity contribution < 1.29 is 0 Å². The minimum absolute atomic E-state index is 0.501. The van der Waals surface area contributed by atoms with Crippen molar-refractivity contribution in [2.24, 2.45) is 52.1 Å². The van der Waals surface area contributed by atoms with Crippen molar-refractivity contribution in [1.29, 1.82) is 0 Å². The number of allylic oxidation sites excluding steroid dienone is 2. The van der Waals surface area contributed by atoms with Gasteiger partial charge in [0.15, 0.2) is 0 Å². The summed E-state index contributed by atoms with van der Waals surface area (Å²) in [6, 6.07) is 0. The van der Waals surface area contributed by atoms with Gasteiger partial charge in [-0.3, -0.25) is 0 Å². The molecule has 4 aliphatic carbocycles. The van der Waals surface area contributed by atoms with E-state index >= 15 is 0 Å². The van der Waals surface area contributed by atoms with E-state index in [1.807, 2.05) is 16.4 Å². The lowest BCUT2D eigenvalue weighted by Crippen LogP contribution is -2.50. The SMILES string of the molecule is CC(C)CCC[C@@H](C)[C@H]1CC[C@H]2[C@@H]3CC=C4CC(SSCCN)CC[C@]4(C)[C@H]3CC[C@]12C. The molecule has 0 spiro atoms. The maximum Gasteiger partial charge on any atom is 0.0189 e. The Morgan fingerprint density at radius 1 is 1.03 bits per heavy atom. The third-order valence-corrected chi connectivity index (χ3v) is 13.6. The van der Waals surface area contributed by atoms with E-state index in [0.29, 0.717) is 10.8 Å². The molecule has 0 heterocycles. The van der Waals surface area contributed by atoms with Crippen LogP contribution < -0.4 is 5.73 Å². The van der Waals surface area contributed by atoms with E-state index in [4.69, 9.17) is 5.73 Å². The molecule has 0 aromatic carbocycles. The molecule has 4 aliphatic rings. The van der Waals surface area contributed by atoms with Gasteiger partial charge in [0.25, 0.3) is 0 Å². The molecule has 1 nitrogen and oxygen atoms in total. The van der Waals surface area contributed by atoms with Crippen LogP contribution in [-0.4, -0.2) is 17.5 Å². The van der Waals surface area contributed by atoms with Gasteiger partial charge in [-0.15, -0.1) is 0 Å². The summed E-state index contributed by atoms with van der Waals surface area (Å²) in [4.78, 5) is 0. The summed E-state index contributed by atoms with van der Waals surface area (Å²) < 4.78 is 0. The molecule has 2 N–H and O–H groups in total. The molecule has 0 aliphatic heterocycles. The van der Waals surface area contributed by atoms with Crippen LogP contribution >= 0.6 is 21.6 Å². The molecule has 0 aromatic heterocycles. The molecule has 3 saturated carbocycles. The van der Waals surface area contributed by atoms with Crippen molar-refractivity contribution in [1.82, 2.24) is 0 Å². The van der Waals surface area contributed by atoms with Crippen molar-refractivity contribution in [2.75, 3.05) is 12.3 Å². The van der Waals surface area contributed by atoms with Crippen molar-refractivity contribution in [3.63, 3.8) is 0 Å². The monoisotopic (exact) mass is 477 g/mol. The molecule has 3 heteroatoms. The van der Waals surface area contributed by atoms with Crippen LogP contribution in [-0.2, 0) is 0 Å². The van der Waals surface area contributed by atoms with E-state index in [0.717, 1.165) is 53.1 Å². The average Bonchev–Trinajstić information content (AvgIpc) is 3.11. The Labute approximate surface area is 207 Å². The predicted octanol–water partition coefficient (Wildman–Crippen LogP) is 8.74. The third kappa shape index (κ3) is 4.88. The lowest BCUT2D eigenvalue weighted by Gasteiger charge is -2.58. The second-order valence-corrected chi connectivity index (χ2v) is 15.6. The van der Waals surface area contributed by atoms with Crippen molar-refractivity contribution in [2.45, 2.75) is 110 Å². The zero-order valence-corrected chi connectivity index (χ0v) is 23.3. The number of nitrogens with two attached hydrogens (primary N) is 1. The summed E-state index contributed by atoms with van der Waals surface area (Å²) in [5.41, 5.74) is 8.68.